The zero-order chi connectivity index (χ0) is 14.0. The van der Waals surface area contributed by atoms with Gasteiger partial charge in [0.1, 0.15) is 18.7 Å². The highest BCUT2D eigenvalue weighted by atomic mass is 19.3. The van der Waals surface area contributed by atoms with Crippen LogP contribution in [-0.4, -0.2) is 23.9 Å². The lowest BCUT2D eigenvalue weighted by atomic mass is 10.3. The minimum Gasteiger partial charge on any atom is -0.438 e. The standard InChI is InChI=1S/C11H10F4N2O2/c12-10(13)11(14,15)5-18-4-9-17-7-3-6(16)1-2-8(7)19-9/h1-3,10H,4-5,16H2. The van der Waals surface area contributed by atoms with Crippen molar-refractivity contribution in [2.75, 3.05) is 12.3 Å². The van der Waals surface area contributed by atoms with Gasteiger partial charge in [0.05, 0.1) is 0 Å². The summed E-state index contributed by atoms with van der Waals surface area (Å²) in [5.74, 6) is -4.16. The highest BCUT2D eigenvalue weighted by molar-refractivity contribution is 5.76. The van der Waals surface area contributed by atoms with E-state index in [2.05, 4.69) is 9.72 Å². The second-order valence-corrected chi connectivity index (χ2v) is 3.89. The van der Waals surface area contributed by atoms with Crippen LogP contribution < -0.4 is 5.73 Å². The first kappa shape index (κ1) is 13.6. The van der Waals surface area contributed by atoms with Crippen molar-refractivity contribution in [2.45, 2.75) is 19.0 Å². The van der Waals surface area contributed by atoms with E-state index in [0.29, 0.717) is 16.8 Å². The number of hydrogen-bond donors (Lipinski definition) is 1. The average Bonchev–Trinajstić information content (AvgIpc) is 2.70. The minimum absolute atomic E-state index is 0.0191. The van der Waals surface area contributed by atoms with Gasteiger partial charge in [0.2, 0.25) is 5.89 Å². The summed E-state index contributed by atoms with van der Waals surface area (Å²) >= 11 is 0. The van der Waals surface area contributed by atoms with E-state index in [1.165, 1.54) is 6.07 Å². The van der Waals surface area contributed by atoms with Crippen molar-refractivity contribution in [2.24, 2.45) is 0 Å². The fourth-order valence-electron chi connectivity index (χ4n) is 1.39. The van der Waals surface area contributed by atoms with Crippen LogP contribution in [0.15, 0.2) is 22.6 Å². The molecule has 0 bridgehead atoms. The summed E-state index contributed by atoms with van der Waals surface area (Å²) in [5.41, 5.74) is 6.85. The summed E-state index contributed by atoms with van der Waals surface area (Å²) in [6.45, 7) is -1.82. The molecule has 19 heavy (non-hydrogen) atoms. The Balaban J connectivity index is 1.99. The molecule has 8 heteroatoms. The van der Waals surface area contributed by atoms with E-state index >= 15 is 0 Å². The highest BCUT2D eigenvalue weighted by Gasteiger charge is 2.41. The summed E-state index contributed by atoms with van der Waals surface area (Å²) in [4.78, 5) is 3.93. The molecular weight excluding hydrogens is 268 g/mol. The fraction of sp³-hybridized carbons (Fsp3) is 0.364. The molecule has 0 aliphatic carbocycles. The number of alkyl halides is 4. The van der Waals surface area contributed by atoms with Crippen LogP contribution in [0.4, 0.5) is 23.2 Å². The molecule has 0 atom stereocenters. The molecule has 2 rings (SSSR count). The van der Waals surface area contributed by atoms with Gasteiger partial charge in [0.25, 0.3) is 0 Å². The number of rotatable bonds is 5. The van der Waals surface area contributed by atoms with Crippen molar-refractivity contribution >= 4 is 16.8 Å². The lowest BCUT2D eigenvalue weighted by molar-refractivity contribution is -0.169. The molecule has 4 nitrogen and oxygen atoms in total. The highest BCUT2D eigenvalue weighted by Crippen LogP contribution is 2.24. The number of benzene rings is 1. The molecule has 2 N–H and O–H groups in total. The number of anilines is 1. The number of ether oxygens (including phenoxy) is 1. The SMILES string of the molecule is Nc1ccc2oc(COCC(F)(F)C(F)F)nc2c1. The summed E-state index contributed by atoms with van der Waals surface area (Å²) < 4.78 is 58.5. The van der Waals surface area contributed by atoms with Crippen LogP contribution in [-0.2, 0) is 11.3 Å². The second kappa shape index (κ2) is 5.04. The number of hydrogen-bond acceptors (Lipinski definition) is 4. The fourth-order valence-corrected chi connectivity index (χ4v) is 1.39. The first-order valence-corrected chi connectivity index (χ1v) is 5.27. The number of nitrogens with zero attached hydrogens (tertiary/aromatic N) is 1. The molecule has 0 spiro atoms. The maximum absolute atomic E-state index is 12.6. The molecule has 0 saturated heterocycles. The molecule has 0 fully saturated rings. The molecular formula is C11H10F4N2O2. The number of fused-ring (bicyclic) bond motifs is 1. The molecule has 0 aliphatic rings. The zero-order valence-corrected chi connectivity index (χ0v) is 9.58. The molecule has 0 saturated carbocycles. The van der Waals surface area contributed by atoms with Gasteiger partial charge < -0.3 is 14.9 Å². The average molecular weight is 278 g/mol. The van der Waals surface area contributed by atoms with E-state index in [1.807, 2.05) is 0 Å². The Labute approximate surface area is 105 Å². The molecule has 0 unspecified atom stereocenters. The molecule has 1 heterocycles. The van der Waals surface area contributed by atoms with E-state index in [1.54, 1.807) is 12.1 Å². The van der Waals surface area contributed by atoms with Crippen molar-refractivity contribution in [3.63, 3.8) is 0 Å². The Morgan fingerprint density at radius 2 is 2.11 bits per heavy atom. The van der Waals surface area contributed by atoms with Gasteiger partial charge in [-0.1, -0.05) is 0 Å². The van der Waals surface area contributed by atoms with Crippen molar-refractivity contribution in [3.05, 3.63) is 24.1 Å². The monoisotopic (exact) mass is 278 g/mol. The largest absolute Gasteiger partial charge is 0.438 e. The zero-order valence-electron chi connectivity index (χ0n) is 9.58. The summed E-state index contributed by atoms with van der Waals surface area (Å²) in [6, 6.07) is 4.69. The van der Waals surface area contributed by atoms with Gasteiger partial charge in [-0.3, -0.25) is 0 Å². The number of nitrogens with two attached hydrogens (primary N) is 1. The van der Waals surface area contributed by atoms with E-state index in [4.69, 9.17) is 10.2 Å². The van der Waals surface area contributed by atoms with Gasteiger partial charge in [0.15, 0.2) is 5.58 Å². The summed E-state index contributed by atoms with van der Waals surface area (Å²) in [6.07, 6.45) is -3.77. The van der Waals surface area contributed by atoms with Crippen molar-refractivity contribution in [1.82, 2.24) is 4.98 Å². The molecule has 104 valence electrons. The Morgan fingerprint density at radius 1 is 1.37 bits per heavy atom. The summed E-state index contributed by atoms with van der Waals surface area (Å²) in [5, 5.41) is 0. The van der Waals surface area contributed by atoms with Crippen LogP contribution in [0, 0.1) is 0 Å². The predicted octanol–water partition coefficient (Wildman–Crippen LogP) is 2.83. The third-order valence-electron chi connectivity index (χ3n) is 2.30. The number of nitrogen functional groups attached to an aromatic ring is 1. The quantitative estimate of drug-likeness (QED) is 0.674. The molecule has 1 aromatic carbocycles. The normalized spacial score (nSPS) is 12.5. The molecule has 1 aromatic heterocycles. The third kappa shape index (κ3) is 3.14. The van der Waals surface area contributed by atoms with E-state index in [0.717, 1.165) is 0 Å². The molecule has 0 amide bonds. The van der Waals surface area contributed by atoms with Crippen LogP contribution in [0.2, 0.25) is 0 Å². The van der Waals surface area contributed by atoms with E-state index in [9.17, 15) is 17.6 Å². The minimum atomic E-state index is -4.18. The van der Waals surface area contributed by atoms with Crippen molar-refractivity contribution in [3.8, 4) is 0 Å². The number of halogens is 4. The third-order valence-corrected chi connectivity index (χ3v) is 2.30. The van der Waals surface area contributed by atoms with Gasteiger partial charge in [-0.05, 0) is 18.2 Å². The number of aromatic nitrogens is 1. The number of oxazole rings is 1. The molecule has 2 aromatic rings. The molecule has 0 aliphatic heterocycles. The predicted molar refractivity (Wildman–Crippen MR) is 59.0 cm³/mol. The van der Waals surface area contributed by atoms with Crippen molar-refractivity contribution < 1.29 is 26.7 Å². The topological polar surface area (TPSA) is 61.3 Å². The first-order valence-electron chi connectivity index (χ1n) is 5.27. The van der Waals surface area contributed by atoms with Crippen molar-refractivity contribution in [1.29, 1.82) is 0 Å². The maximum atomic E-state index is 12.6. The first-order chi connectivity index (χ1) is 8.88. The van der Waals surface area contributed by atoms with Gasteiger partial charge in [0, 0.05) is 5.69 Å². The second-order valence-electron chi connectivity index (χ2n) is 3.89. The van der Waals surface area contributed by atoms with Gasteiger partial charge in [-0.15, -0.1) is 0 Å². The Kier molecular flexibility index (Phi) is 3.61. The van der Waals surface area contributed by atoms with Crippen LogP contribution in [0.3, 0.4) is 0 Å². The van der Waals surface area contributed by atoms with Crippen LogP contribution >= 0.6 is 0 Å². The smallest absolute Gasteiger partial charge is 0.330 e. The lowest BCUT2D eigenvalue weighted by Crippen LogP contribution is -2.32. The van der Waals surface area contributed by atoms with Gasteiger partial charge in [-0.25, -0.2) is 13.8 Å². The Morgan fingerprint density at radius 3 is 2.79 bits per heavy atom. The van der Waals surface area contributed by atoms with Gasteiger partial charge in [-0.2, -0.15) is 8.78 Å². The summed E-state index contributed by atoms with van der Waals surface area (Å²) in [7, 11) is 0. The van der Waals surface area contributed by atoms with E-state index in [-0.39, 0.29) is 5.89 Å². The van der Waals surface area contributed by atoms with Gasteiger partial charge >= 0.3 is 12.3 Å². The maximum Gasteiger partial charge on any atom is 0.330 e. The van der Waals surface area contributed by atoms with E-state index < -0.39 is 25.6 Å². The Bertz CT molecular complexity index is 571. The van der Waals surface area contributed by atoms with Crippen LogP contribution in [0.5, 0.6) is 0 Å². The van der Waals surface area contributed by atoms with Crippen LogP contribution in [0.25, 0.3) is 11.1 Å². The Hall–Kier alpha value is -1.83. The van der Waals surface area contributed by atoms with Crippen LogP contribution in [0.1, 0.15) is 5.89 Å². The lowest BCUT2D eigenvalue weighted by Gasteiger charge is -2.14. The molecule has 0 radical (unpaired) electrons.